The summed E-state index contributed by atoms with van der Waals surface area (Å²) in [5.41, 5.74) is 8.25. The minimum absolute atomic E-state index is 0.452. The van der Waals surface area contributed by atoms with Gasteiger partial charge in [0.05, 0.1) is 6.61 Å². The van der Waals surface area contributed by atoms with E-state index < -0.39 is 0 Å². The van der Waals surface area contributed by atoms with Gasteiger partial charge in [-0.2, -0.15) is 0 Å². The number of hydrogen-bond donors (Lipinski definition) is 2. The van der Waals surface area contributed by atoms with Gasteiger partial charge in [0.1, 0.15) is 5.75 Å². The third-order valence-corrected chi connectivity index (χ3v) is 3.55. The molecule has 3 heteroatoms. The molecule has 0 spiro atoms. The van der Waals surface area contributed by atoms with Gasteiger partial charge in [-0.3, -0.25) is 0 Å². The van der Waals surface area contributed by atoms with Crippen LogP contribution in [0.4, 0.5) is 0 Å². The Kier molecular flexibility index (Phi) is 5.02. The van der Waals surface area contributed by atoms with Crippen molar-refractivity contribution in [2.75, 3.05) is 19.7 Å². The number of rotatable bonds is 7. The maximum absolute atomic E-state index is 5.55. The van der Waals surface area contributed by atoms with E-state index in [1.165, 1.54) is 11.1 Å². The average Bonchev–Trinajstić information content (AvgIpc) is 2.86. The zero-order chi connectivity index (χ0) is 12.8. The van der Waals surface area contributed by atoms with Gasteiger partial charge in [-0.1, -0.05) is 19.1 Å². The molecule has 1 unspecified atom stereocenters. The molecule has 1 aromatic rings. The molecule has 0 aromatic heterocycles. The molecular formula is C15H24N2O. The van der Waals surface area contributed by atoms with E-state index in [1.807, 2.05) is 0 Å². The molecule has 0 aliphatic carbocycles. The third-order valence-electron chi connectivity index (χ3n) is 3.55. The summed E-state index contributed by atoms with van der Waals surface area (Å²) in [5, 5.41) is 3.62. The van der Waals surface area contributed by atoms with Gasteiger partial charge in [0.25, 0.3) is 0 Å². The number of fused-ring (bicyclic) bond motifs is 1. The molecule has 1 atom stereocenters. The summed E-state index contributed by atoms with van der Waals surface area (Å²) in [5.74, 6) is 1.07. The number of nitrogens with two attached hydrogens (primary N) is 1. The molecule has 1 aliphatic heterocycles. The SMILES string of the molecule is CCC(NCCCCN)c1ccc2c(c1)CCO2. The topological polar surface area (TPSA) is 47.3 Å². The van der Waals surface area contributed by atoms with Crippen LogP contribution in [0.3, 0.4) is 0 Å². The van der Waals surface area contributed by atoms with Crippen LogP contribution in [0.15, 0.2) is 18.2 Å². The standard InChI is InChI=1S/C15H24N2O/c1-2-14(17-9-4-3-8-16)12-5-6-15-13(11-12)7-10-18-15/h5-6,11,14,17H,2-4,7-10,16H2,1H3. The van der Waals surface area contributed by atoms with E-state index >= 15 is 0 Å². The number of benzene rings is 1. The van der Waals surface area contributed by atoms with Crippen LogP contribution in [0.25, 0.3) is 0 Å². The van der Waals surface area contributed by atoms with Gasteiger partial charge in [0.2, 0.25) is 0 Å². The fourth-order valence-electron chi connectivity index (χ4n) is 2.47. The van der Waals surface area contributed by atoms with Crippen LogP contribution < -0.4 is 15.8 Å². The number of unbranched alkanes of at least 4 members (excludes halogenated alkanes) is 1. The summed E-state index contributed by atoms with van der Waals surface area (Å²) in [6, 6.07) is 7.05. The third kappa shape index (κ3) is 3.24. The van der Waals surface area contributed by atoms with E-state index in [0.717, 1.165) is 51.1 Å². The lowest BCUT2D eigenvalue weighted by Crippen LogP contribution is -2.22. The summed E-state index contributed by atoms with van der Waals surface area (Å²) < 4.78 is 5.55. The van der Waals surface area contributed by atoms with Gasteiger partial charge in [0, 0.05) is 12.5 Å². The van der Waals surface area contributed by atoms with Crippen molar-refractivity contribution in [3.05, 3.63) is 29.3 Å². The molecule has 2 rings (SSSR count). The Morgan fingerprint density at radius 1 is 1.39 bits per heavy atom. The van der Waals surface area contributed by atoms with Gasteiger partial charge in [-0.15, -0.1) is 0 Å². The lowest BCUT2D eigenvalue weighted by atomic mass is 10.0. The molecule has 0 amide bonds. The van der Waals surface area contributed by atoms with Crippen LogP contribution in [-0.4, -0.2) is 19.7 Å². The second kappa shape index (κ2) is 6.76. The lowest BCUT2D eigenvalue weighted by molar-refractivity contribution is 0.356. The van der Waals surface area contributed by atoms with Crippen LogP contribution in [0.1, 0.15) is 43.4 Å². The fraction of sp³-hybridized carbons (Fsp3) is 0.600. The maximum Gasteiger partial charge on any atom is 0.122 e. The smallest absolute Gasteiger partial charge is 0.122 e. The molecule has 1 aliphatic rings. The first kappa shape index (κ1) is 13.4. The van der Waals surface area contributed by atoms with Crippen molar-refractivity contribution in [1.82, 2.24) is 5.32 Å². The molecule has 18 heavy (non-hydrogen) atoms. The highest BCUT2D eigenvalue weighted by Gasteiger charge is 2.15. The fourth-order valence-corrected chi connectivity index (χ4v) is 2.47. The Hall–Kier alpha value is -1.06. The molecule has 1 heterocycles. The van der Waals surface area contributed by atoms with Gasteiger partial charge < -0.3 is 15.8 Å². The summed E-state index contributed by atoms with van der Waals surface area (Å²) >= 11 is 0. The Bertz CT molecular complexity index is 379. The molecule has 3 nitrogen and oxygen atoms in total. The Balaban J connectivity index is 1.94. The van der Waals surface area contributed by atoms with Crippen molar-refractivity contribution in [3.8, 4) is 5.75 Å². The van der Waals surface area contributed by atoms with Crippen molar-refractivity contribution < 1.29 is 4.74 Å². The van der Waals surface area contributed by atoms with Gasteiger partial charge in [0.15, 0.2) is 0 Å². The lowest BCUT2D eigenvalue weighted by Gasteiger charge is -2.18. The van der Waals surface area contributed by atoms with Crippen molar-refractivity contribution in [2.24, 2.45) is 5.73 Å². The Morgan fingerprint density at radius 2 is 2.28 bits per heavy atom. The van der Waals surface area contributed by atoms with Gasteiger partial charge in [-0.05, 0) is 49.5 Å². The van der Waals surface area contributed by atoms with E-state index in [9.17, 15) is 0 Å². The van der Waals surface area contributed by atoms with E-state index in [-0.39, 0.29) is 0 Å². The van der Waals surface area contributed by atoms with E-state index in [4.69, 9.17) is 10.5 Å². The molecule has 0 radical (unpaired) electrons. The number of ether oxygens (including phenoxy) is 1. The van der Waals surface area contributed by atoms with Crippen LogP contribution in [-0.2, 0) is 6.42 Å². The van der Waals surface area contributed by atoms with Crippen molar-refractivity contribution in [2.45, 2.75) is 38.6 Å². The first-order valence-electron chi connectivity index (χ1n) is 7.04. The molecule has 1 aromatic carbocycles. The van der Waals surface area contributed by atoms with Crippen molar-refractivity contribution >= 4 is 0 Å². The Labute approximate surface area is 110 Å². The molecule has 3 N–H and O–H groups in total. The first-order valence-corrected chi connectivity index (χ1v) is 7.04. The summed E-state index contributed by atoms with van der Waals surface area (Å²) in [6.07, 6.45) is 4.41. The van der Waals surface area contributed by atoms with Crippen LogP contribution in [0.5, 0.6) is 5.75 Å². The van der Waals surface area contributed by atoms with Crippen LogP contribution in [0, 0.1) is 0 Å². The van der Waals surface area contributed by atoms with Crippen molar-refractivity contribution in [1.29, 1.82) is 0 Å². The minimum Gasteiger partial charge on any atom is -0.493 e. The first-order chi connectivity index (χ1) is 8.85. The molecule has 0 saturated carbocycles. The highest BCUT2D eigenvalue weighted by molar-refractivity contribution is 5.40. The second-order valence-electron chi connectivity index (χ2n) is 4.88. The molecule has 0 fully saturated rings. The predicted octanol–water partition coefficient (Wildman–Crippen LogP) is 2.40. The normalized spacial score (nSPS) is 15.2. The summed E-state index contributed by atoms with van der Waals surface area (Å²) in [7, 11) is 0. The molecule has 0 saturated heterocycles. The average molecular weight is 248 g/mol. The van der Waals surface area contributed by atoms with Gasteiger partial charge >= 0.3 is 0 Å². The highest BCUT2D eigenvalue weighted by Crippen LogP contribution is 2.29. The maximum atomic E-state index is 5.55. The molecular weight excluding hydrogens is 224 g/mol. The van der Waals surface area contributed by atoms with Crippen molar-refractivity contribution in [3.63, 3.8) is 0 Å². The predicted molar refractivity (Wildman–Crippen MR) is 75.0 cm³/mol. The van der Waals surface area contributed by atoms with Gasteiger partial charge in [-0.25, -0.2) is 0 Å². The molecule has 0 bridgehead atoms. The summed E-state index contributed by atoms with van der Waals surface area (Å²) in [4.78, 5) is 0. The van der Waals surface area contributed by atoms with Crippen LogP contribution >= 0.6 is 0 Å². The Morgan fingerprint density at radius 3 is 3.06 bits per heavy atom. The monoisotopic (exact) mass is 248 g/mol. The number of nitrogens with one attached hydrogen (secondary N) is 1. The minimum atomic E-state index is 0.452. The van der Waals surface area contributed by atoms with E-state index in [1.54, 1.807) is 0 Å². The van der Waals surface area contributed by atoms with E-state index in [2.05, 4.69) is 30.4 Å². The zero-order valence-corrected chi connectivity index (χ0v) is 11.2. The van der Waals surface area contributed by atoms with E-state index in [0.29, 0.717) is 6.04 Å². The van der Waals surface area contributed by atoms with Crippen LogP contribution in [0.2, 0.25) is 0 Å². The molecule has 100 valence electrons. The number of hydrogen-bond acceptors (Lipinski definition) is 3. The highest BCUT2D eigenvalue weighted by atomic mass is 16.5. The second-order valence-corrected chi connectivity index (χ2v) is 4.88. The summed E-state index contributed by atoms with van der Waals surface area (Å²) in [6.45, 7) is 4.89. The quantitative estimate of drug-likeness (QED) is 0.728. The zero-order valence-electron chi connectivity index (χ0n) is 11.2. The largest absolute Gasteiger partial charge is 0.493 e.